The Labute approximate surface area is 120 Å². The molecule has 0 saturated carbocycles. The summed E-state index contributed by atoms with van der Waals surface area (Å²) in [6.45, 7) is 0.932. The number of carboxylic acid groups (broad SMARTS) is 1. The van der Waals surface area contributed by atoms with Gasteiger partial charge in [-0.2, -0.15) is 4.72 Å². The van der Waals surface area contributed by atoms with Crippen LogP contribution >= 0.6 is 0 Å². The van der Waals surface area contributed by atoms with Crippen LogP contribution in [-0.2, 0) is 14.8 Å². The van der Waals surface area contributed by atoms with E-state index in [1.807, 2.05) is 4.72 Å². The highest BCUT2D eigenvalue weighted by Crippen LogP contribution is 2.22. The first-order valence-electron chi connectivity index (χ1n) is 5.80. The van der Waals surface area contributed by atoms with Crippen molar-refractivity contribution in [3.8, 4) is 0 Å². The van der Waals surface area contributed by atoms with Gasteiger partial charge in [-0.05, 0) is 19.4 Å². The van der Waals surface area contributed by atoms with Crippen LogP contribution in [0.3, 0.4) is 0 Å². The Balaban J connectivity index is 3.16. The average molecular weight is 318 g/mol. The van der Waals surface area contributed by atoms with E-state index in [0.29, 0.717) is 0 Å². The van der Waals surface area contributed by atoms with Gasteiger partial charge >= 0.3 is 5.97 Å². The molecule has 0 spiro atoms. The number of sulfonamides is 1. The second-order valence-corrected chi connectivity index (χ2v) is 5.94. The molecule has 10 heteroatoms. The molecule has 116 valence electrons. The topological polar surface area (TPSA) is 147 Å². The first-order valence-corrected chi connectivity index (χ1v) is 7.28. The van der Waals surface area contributed by atoms with Crippen LogP contribution in [0.15, 0.2) is 23.1 Å². The summed E-state index contributed by atoms with van der Waals surface area (Å²) in [5, 5.41) is 28.4. The lowest BCUT2D eigenvalue weighted by molar-refractivity contribution is -0.385. The van der Waals surface area contributed by atoms with E-state index in [-0.39, 0.29) is 17.7 Å². The molecule has 1 aromatic carbocycles. The van der Waals surface area contributed by atoms with Crippen molar-refractivity contribution < 1.29 is 28.3 Å². The van der Waals surface area contributed by atoms with Crippen LogP contribution in [0.5, 0.6) is 0 Å². The van der Waals surface area contributed by atoms with Crippen molar-refractivity contribution in [2.75, 3.05) is 6.61 Å². The molecule has 1 rings (SSSR count). The van der Waals surface area contributed by atoms with Gasteiger partial charge in [-0.3, -0.25) is 14.9 Å². The van der Waals surface area contributed by atoms with Crippen molar-refractivity contribution >= 4 is 21.7 Å². The number of benzene rings is 1. The molecule has 0 saturated heterocycles. The van der Waals surface area contributed by atoms with Crippen molar-refractivity contribution in [1.29, 1.82) is 0 Å². The number of nitrogens with zero attached hydrogens (tertiary/aromatic N) is 1. The number of nitrogens with one attached hydrogen (secondary N) is 1. The van der Waals surface area contributed by atoms with Gasteiger partial charge in [0.2, 0.25) is 10.0 Å². The molecule has 1 atom stereocenters. The Morgan fingerprint density at radius 3 is 2.57 bits per heavy atom. The SMILES string of the molecule is Cc1ccc(S(=O)(=O)N[C@@H](CCO)C(=O)O)cc1[N+](=O)[O-]. The van der Waals surface area contributed by atoms with Gasteiger partial charge in [0, 0.05) is 18.2 Å². The maximum atomic E-state index is 12.0. The fourth-order valence-corrected chi connectivity index (χ4v) is 2.81. The van der Waals surface area contributed by atoms with Crippen molar-refractivity contribution in [2.45, 2.75) is 24.3 Å². The third kappa shape index (κ3) is 4.21. The predicted molar refractivity (Wildman–Crippen MR) is 71.3 cm³/mol. The summed E-state index contributed by atoms with van der Waals surface area (Å²) >= 11 is 0. The first kappa shape index (κ1) is 17.0. The number of hydrogen-bond donors (Lipinski definition) is 3. The van der Waals surface area contributed by atoms with Crippen molar-refractivity contribution in [1.82, 2.24) is 4.72 Å². The summed E-state index contributed by atoms with van der Waals surface area (Å²) < 4.78 is 25.9. The molecule has 0 unspecified atom stereocenters. The fourth-order valence-electron chi connectivity index (χ4n) is 1.57. The third-order valence-corrected chi connectivity index (χ3v) is 4.17. The average Bonchev–Trinajstić information content (AvgIpc) is 2.37. The molecule has 1 aromatic rings. The molecule has 0 radical (unpaired) electrons. The molecule has 0 fully saturated rings. The number of nitro groups is 1. The largest absolute Gasteiger partial charge is 0.480 e. The van der Waals surface area contributed by atoms with Gasteiger partial charge < -0.3 is 10.2 Å². The Hall–Kier alpha value is -2.04. The van der Waals surface area contributed by atoms with Crippen molar-refractivity contribution in [2.24, 2.45) is 0 Å². The van der Waals surface area contributed by atoms with E-state index in [9.17, 15) is 23.3 Å². The highest BCUT2D eigenvalue weighted by atomic mass is 32.2. The number of nitro benzene ring substituents is 1. The van der Waals surface area contributed by atoms with Crippen LogP contribution in [0.4, 0.5) is 5.69 Å². The number of aliphatic hydroxyl groups is 1. The Morgan fingerprint density at radius 1 is 1.48 bits per heavy atom. The van der Waals surface area contributed by atoms with Crippen LogP contribution in [-0.4, -0.2) is 42.2 Å². The summed E-state index contributed by atoms with van der Waals surface area (Å²) in [6.07, 6.45) is -0.317. The van der Waals surface area contributed by atoms with Crippen LogP contribution in [0.25, 0.3) is 0 Å². The van der Waals surface area contributed by atoms with Crippen LogP contribution in [0, 0.1) is 17.0 Å². The van der Waals surface area contributed by atoms with Gasteiger partial charge in [0.15, 0.2) is 0 Å². The minimum atomic E-state index is -4.25. The van der Waals surface area contributed by atoms with Crippen LogP contribution < -0.4 is 4.72 Å². The molecule has 0 heterocycles. The number of hydrogen-bond acceptors (Lipinski definition) is 6. The van der Waals surface area contributed by atoms with Crippen LogP contribution in [0.1, 0.15) is 12.0 Å². The van der Waals surface area contributed by atoms with Crippen molar-refractivity contribution in [3.63, 3.8) is 0 Å². The first-order chi connectivity index (χ1) is 9.69. The lowest BCUT2D eigenvalue weighted by atomic mass is 10.2. The number of carbonyl (C=O) groups is 1. The van der Waals surface area contributed by atoms with Gasteiger partial charge in [0.05, 0.1) is 9.82 Å². The predicted octanol–water partition coefficient (Wildman–Crippen LogP) is 0.0171. The molecule has 0 bridgehead atoms. The number of rotatable bonds is 7. The smallest absolute Gasteiger partial charge is 0.321 e. The molecule has 0 aliphatic heterocycles. The Bertz CT molecular complexity index is 657. The normalized spacial score (nSPS) is 12.9. The van der Waals surface area contributed by atoms with E-state index >= 15 is 0 Å². The maximum absolute atomic E-state index is 12.0. The summed E-state index contributed by atoms with van der Waals surface area (Å²) in [4.78, 5) is 20.5. The lowest BCUT2D eigenvalue weighted by Crippen LogP contribution is -2.41. The molecule has 9 nitrogen and oxygen atoms in total. The molecular formula is C11H14N2O7S. The van der Waals surface area contributed by atoms with E-state index in [4.69, 9.17) is 10.2 Å². The molecule has 0 aliphatic carbocycles. The highest BCUT2D eigenvalue weighted by Gasteiger charge is 2.26. The zero-order valence-corrected chi connectivity index (χ0v) is 11.8. The lowest BCUT2D eigenvalue weighted by Gasteiger charge is -2.13. The molecule has 3 N–H and O–H groups in total. The van der Waals surface area contributed by atoms with E-state index in [2.05, 4.69) is 0 Å². The second kappa shape index (κ2) is 6.61. The maximum Gasteiger partial charge on any atom is 0.321 e. The van der Waals surface area contributed by atoms with E-state index in [1.165, 1.54) is 13.0 Å². The van der Waals surface area contributed by atoms with Gasteiger partial charge in [0.1, 0.15) is 6.04 Å². The monoisotopic (exact) mass is 318 g/mol. The van der Waals surface area contributed by atoms with Crippen LogP contribution in [0.2, 0.25) is 0 Å². The van der Waals surface area contributed by atoms with Gasteiger partial charge in [-0.1, -0.05) is 6.07 Å². The summed E-state index contributed by atoms with van der Waals surface area (Å²) in [5.74, 6) is -1.45. The molecular weight excluding hydrogens is 304 g/mol. The fraction of sp³-hybridized carbons (Fsp3) is 0.364. The van der Waals surface area contributed by atoms with Gasteiger partial charge in [-0.15, -0.1) is 0 Å². The van der Waals surface area contributed by atoms with E-state index in [0.717, 1.165) is 12.1 Å². The molecule has 0 aromatic heterocycles. The number of aliphatic hydroxyl groups excluding tert-OH is 1. The minimum absolute atomic E-state index is 0.282. The number of aliphatic carboxylic acids is 1. The standard InChI is InChI=1S/C11H14N2O7S/c1-7-2-3-8(6-10(7)13(17)18)21(19,20)12-9(4-5-14)11(15)16/h2-3,6,9,12,14H,4-5H2,1H3,(H,15,16)/t9-/m0/s1. The second-order valence-electron chi connectivity index (χ2n) is 4.23. The zero-order chi connectivity index (χ0) is 16.2. The van der Waals surface area contributed by atoms with E-state index in [1.54, 1.807) is 0 Å². The van der Waals surface area contributed by atoms with Gasteiger partial charge in [0.25, 0.3) is 5.69 Å². The molecule has 0 aliphatic rings. The number of carboxylic acids is 1. The minimum Gasteiger partial charge on any atom is -0.480 e. The Morgan fingerprint density at radius 2 is 2.10 bits per heavy atom. The zero-order valence-electron chi connectivity index (χ0n) is 11.0. The number of aryl methyl sites for hydroxylation is 1. The summed E-state index contributed by atoms with van der Waals surface area (Å²) in [7, 11) is -4.25. The summed E-state index contributed by atoms with van der Waals surface area (Å²) in [5.41, 5.74) is -0.101. The molecule has 0 amide bonds. The Kier molecular flexibility index (Phi) is 5.35. The van der Waals surface area contributed by atoms with Gasteiger partial charge in [-0.25, -0.2) is 8.42 Å². The van der Waals surface area contributed by atoms with E-state index < -0.39 is 38.5 Å². The van der Waals surface area contributed by atoms with Crippen molar-refractivity contribution in [3.05, 3.63) is 33.9 Å². The molecule has 21 heavy (non-hydrogen) atoms. The highest BCUT2D eigenvalue weighted by molar-refractivity contribution is 7.89. The third-order valence-electron chi connectivity index (χ3n) is 2.70. The summed E-state index contributed by atoms with van der Waals surface area (Å²) in [6, 6.07) is 1.74. The quantitative estimate of drug-likeness (QED) is 0.474.